The van der Waals surface area contributed by atoms with Crippen molar-refractivity contribution in [3.63, 3.8) is 0 Å². The third kappa shape index (κ3) is 2.74. The highest BCUT2D eigenvalue weighted by Crippen LogP contribution is 2.44. The van der Waals surface area contributed by atoms with Crippen molar-refractivity contribution in [2.24, 2.45) is 17.8 Å². The molecule has 122 valence electrons. The van der Waals surface area contributed by atoms with Gasteiger partial charge in [0.15, 0.2) is 0 Å². The summed E-state index contributed by atoms with van der Waals surface area (Å²) in [5.74, 6) is 1.88. The van der Waals surface area contributed by atoms with Crippen molar-refractivity contribution in [1.82, 2.24) is 5.32 Å². The lowest BCUT2D eigenvalue weighted by molar-refractivity contribution is -0.0243. The molecular formula is C21H27NO. The molecule has 2 heterocycles. The molecule has 0 aromatic heterocycles. The molecule has 0 bridgehead atoms. The molecule has 2 saturated heterocycles. The molecule has 1 aromatic rings. The number of benzene rings is 1. The fraction of sp³-hybridized carbons (Fsp3) is 0.524. The predicted molar refractivity (Wildman–Crippen MR) is 93.9 cm³/mol. The first kappa shape index (κ1) is 15.0. The van der Waals surface area contributed by atoms with Crippen LogP contribution in [-0.2, 0) is 4.74 Å². The molecule has 2 heteroatoms. The smallest absolute Gasteiger partial charge is 0.0892 e. The Balaban J connectivity index is 1.69. The van der Waals surface area contributed by atoms with Gasteiger partial charge in [0.25, 0.3) is 0 Å². The van der Waals surface area contributed by atoms with Gasteiger partial charge in [0.1, 0.15) is 0 Å². The average molecular weight is 309 g/mol. The highest BCUT2D eigenvalue weighted by Gasteiger charge is 2.42. The van der Waals surface area contributed by atoms with E-state index in [0.29, 0.717) is 23.8 Å². The van der Waals surface area contributed by atoms with E-state index in [2.05, 4.69) is 61.6 Å². The number of hydrogen-bond acceptors (Lipinski definition) is 2. The molecule has 23 heavy (non-hydrogen) atoms. The zero-order valence-corrected chi connectivity index (χ0v) is 14.2. The van der Waals surface area contributed by atoms with Gasteiger partial charge in [-0.05, 0) is 36.7 Å². The molecule has 0 spiro atoms. The third-order valence-electron chi connectivity index (χ3n) is 5.73. The zero-order valence-electron chi connectivity index (χ0n) is 14.2. The second kappa shape index (κ2) is 6.16. The molecule has 2 fully saturated rings. The third-order valence-corrected chi connectivity index (χ3v) is 5.73. The number of piperidine rings is 1. The van der Waals surface area contributed by atoms with E-state index in [0.717, 1.165) is 13.0 Å². The van der Waals surface area contributed by atoms with Crippen LogP contribution in [0.25, 0.3) is 0 Å². The van der Waals surface area contributed by atoms with E-state index >= 15 is 0 Å². The summed E-state index contributed by atoms with van der Waals surface area (Å²) in [7, 11) is 0. The van der Waals surface area contributed by atoms with Crippen molar-refractivity contribution >= 4 is 0 Å². The molecule has 0 saturated carbocycles. The van der Waals surface area contributed by atoms with Gasteiger partial charge in [0, 0.05) is 23.8 Å². The minimum Gasteiger partial charge on any atom is -0.378 e. The van der Waals surface area contributed by atoms with Crippen LogP contribution in [0.3, 0.4) is 0 Å². The molecule has 3 aliphatic rings. The minimum absolute atomic E-state index is 0.267. The Morgan fingerprint density at radius 2 is 2.00 bits per heavy atom. The SMILES string of the molecule is CC(C)C1C=C2C(=CC1)NC(c1ccccc1)C1CCCOC21. The maximum atomic E-state index is 6.28. The van der Waals surface area contributed by atoms with E-state index in [4.69, 9.17) is 4.74 Å². The first-order chi connectivity index (χ1) is 11.2. The Hall–Kier alpha value is -1.54. The van der Waals surface area contributed by atoms with Crippen LogP contribution in [0.4, 0.5) is 0 Å². The summed E-state index contributed by atoms with van der Waals surface area (Å²) in [5, 5.41) is 3.84. The van der Waals surface area contributed by atoms with Crippen LogP contribution in [0.2, 0.25) is 0 Å². The Bertz CT molecular complexity index is 616. The summed E-state index contributed by atoms with van der Waals surface area (Å²) >= 11 is 0. The summed E-state index contributed by atoms with van der Waals surface area (Å²) in [6.45, 7) is 5.55. The normalized spacial score (nSPS) is 33.2. The predicted octanol–water partition coefficient (Wildman–Crippen LogP) is 4.61. The van der Waals surface area contributed by atoms with E-state index in [1.165, 1.54) is 29.7 Å². The van der Waals surface area contributed by atoms with Crippen molar-refractivity contribution in [1.29, 1.82) is 0 Å². The van der Waals surface area contributed by atoms with Gasteiger partial charge in [-0.25, -0.2) is 0 Å². The molecule has 2 nitrogen and oxygen atoms in total. The monoisotopic (exact) mass is 309 g/mol. The Morgan fingerprint density at radius 1 is 1.17 bits per heavy atom. The van der Waals surface area contributed by atoms with Crippen molar-refractivity contribution < 1.29 is 4.74 Å². The molecule has 4 unspecified atom stereocenters. The number of ether oxygens (including phenoxy) is 1. The Kier molecular flexibility index (Phi) is 4.02. The lowest BCUT2D eigenvalue weighted by Crippen LogP contribution is -2.47. The van der Waals surface area contributed by atoms with Gasteiger partial charge in [-0.15, -0.1) is 0 Å². The summed E-state index contributed by atoms with van der Waals surface area (Å²) < 4.78 is 6.28. The van der Waals surface area contributed by atoms with Crippen molar-refractivity contribution in [3.8, 4) is 0 Å². The second-order valence-corrected chi connectivity index (χ2v) is 7.51. The fourth-order valence-corrected chi connectivity index (χ4v) is 4.35. The molecule has 1 N–H and O–H groups in total. The fourth-order valence-electron chi connectivity index (χ4n) is 4.35. The van der Waals surface area contributed by atoms with E-state index < -0.39 is 0 Å². The first-order valence-electron chi connectivity index (χ1n) is 9.09. The van der Waals surface area contributed by atoms with Gasteiger partial charge in [0.05, 0.1) is 12.1 Å². The van der Waals surface area contributed by atoms with E-state index in [1.54, 1.807) is 0 Å². The van der Waals surface area contributed by atoms with Gasteiger partial charge in [-0.3, -0.25) is 0 Å². The largest absolute Gasteiger partial charge is 0.378 e. The number of allylic oxidation sites excluding steroid dienone is 2. The second-order valence-electron chi connectivity index (χ2n) is 7.51. The number of hydrogen-bond donors (Lipinski definition) is 1. The number of rotatable bonds is 2. The van der Waals surface area contributed by atoms with Crippen LogP contribution in [0, 0.1) is 17.8 Å². The maximum absolute atomic E-state index is 6.28. The number of fused-ring (bicyclic) bond motifs is 3. The van der Waals surface area contributed by atoms with E-state index in [1.807, 2.05) is 0 Å². The molecule has 1 aliphatic carbocycles. The average Bonchev–Trinajstić information content (AvgIpc) is 2.61. The highest BCUT2D eigenvalue weighted by molar-refractivity contribution is 5.42. The standard InChI is InChI=1S/C21H27NO/c1-14(2)16-10-11-19-18(13-16)21-17(9-6-12-23-21)20(22-19)15-7-4-3-5-8-15/h3-5,7-8,11,13-14,16-17,20-22H,6,9-10,12H2,1-2H3. The van der Waals surface area contributed by atoms with Crippen LogP contribution in [0.15, 0.2) is 53.8 Å². The van der Waals surface area contributed by atoms with E-state index in [-0.39, 0.29) is 6.10 Å². The number of nitrogens with one attached hydrogen (secondary N) is 1. The van der Waals surface area contributed by atoms with E-state index in [9.17, 15) is 0 Å². The lowest BCUT2D eigenvalue weighted by atomic mass is 9.73. The summed E-state index contributed by atoms with van der Waals surface area (Å²) in [5.41, 5.74) is 4.13. The lowest BCUT2D eigenvalue weighted by Gasteiger charge is -2.46. The van der Waals surface area contributed by atoms with Gasteiger partial charge >= 0.3 is 0 Å². The summed E-state index contributed by atoms with van der Waals surface area (Å²) in [4.78, 5) is 0. The molecule has 4 rings (SSSR count). The first-order valence-corrected chi connectivity index (χ1v) is 9.09. The zero-order chi connectivity index (χ0) is 15.8. The van der Waals surface area contributed by atoms with Crippen LogP contribution < -0.4 is 5.32 Å². The van der Waals surface area contributed by atoms with Gasteiger partial charge in [-0.1, -0.05) is 56.3 Å². The quantitative estimate of drug-likeness (QED) is 0.861. The minimum atomic E-state index is 0.267. The topological polar surface area (TPSA) is 21.3 Å². The van der Waals surface area contributed by atoms with Crippen LogP contribution >= 0.6 is 0 Å². The van der Waals surface area contributed by atoms with Crippen molar-refractivity contribution in [2.45, 2.75) is 45.3 Å². The molecule has 1 aromatic carbocycles. The molecule has 0 radical (unpaired) electrons. The Labute approximate surface area is 139 Å². The molecular weight excluding hydrogens is 282 g/mol. The van der Waals surface area contributed by atoms with Gasteiger partial charge < -0.3 is 10.1 Å². The van der Waals surface area contributed by atoms with Crippen molar-refractivity contribution in [3.05, 3.63) is 59.3 Å². The Morgan fingerprint density at radius 3 is 2.78 bits per heavy atom. The van der Waals surface area contributed by atoms with Crippen LogP contribution in [-0.4, -0.2) is 12.7 Å². The molecule has 4 atom stereocenters. The van der Waals surface area contributed by atoms with Crippen molar-refractivity contribution in [2.75, 3.05) is 6.61 Å². The molecule has 2 aliphatic heterocycles. The van der Waals surface area contributed by atoms with Crippen LogP contribution in [0.1, 0.15) is 44.7 Å². The summed E-state index contributed by atoms with van der Waals surface area (Å²) in [6.07, 6.45) is 8.73. The highest BCUT2D eigenvalue weighted by atomic mass is 16.5. The van der Waals surface area contributed by atoms with Crippen LogP contribution in [0.5, 0.6) is 0 Å². The van der Waals surface area contributed by atoms with Gasteiger partial charge in [0.2, 0.25) is 0 Å². The maximum Gasteiger partial charge on any atom is 0.0892 e. The van der Waals surface area contributed by atoms with Gasteiger partial charge in [-0.2, -0.15) is 0 Å². The molecule has 0 amide bonds. The summed E-state index contributed by atoms with van der Waals surface area (Å²) in [6, 6.07) is 11.3.